The third-order valence-corrected chi connectivity index (χ3v) is 2.62. The van der Waals surface area contributed by atoms with Gasteiger partial charge >= 0.3 is 6.03 Å². The van der Waals surface area contributed by atoms with Crippen LogP contribution >= 0.6 is 0 Å². The summed E-state index contributed by atoms with van der Waals surface area (Å²) in [5.74, 6) is 0. The molecule has 2 amide bonds. The molecule has 1 unspecified atom stereocenters. The SMILES string of the molecule is CN(C)C(=O)N(C)CC1CCCCN1. The minimum Gasteiger partial charge on any atom is -0.331 e. The van der Waals surface area contributed by atoms with E-state index in [-0.39, 0.29) is 6.03 Å². The number of hydrogen-bond donors (Lipinski definition) is 1. The second-order valence-electron chi connectivity index (χ2n) is 4.20. The maximum Gasteiger partial charge on any atom is 0.319 e. The first-order chi connectivity index (χ1) is 6.61. The van der Waals surface area contributed by atoms with Crippen LogP contribution in [-0.2, 0) is 0 Å². The summed E-state index contributed by atoms with van der Waals surface area (Å²) in [6.45, 7) is 1.91. The molecule has 0 bridgehead atoms. The molecule has 0 aromatic carbocycles. The van der Waals surface area contributed by atoms with E-state index in [4.69, 9.17) is 0 Å². The largest absolute Gasteiger partial charge is 0.331 e. The van der Waals surface area contributed by atoms with Crippen LogP contribution in [0.15, 0.2) is 0 Å². The van der Waals surface area contributed by atoms with E-state index in [1.807, 2.05) is 7.05 Å². The fourth-order valence-corrected chi connectivity index (χ4v) is 1.83. The molecule has 82 valence electrons. The summed E-state index contributed by atoms with van der Waals surface area (Å²) in [5.41, 5.74) is 0. The van der Waals surface area contributed by atoms with Crippen LogP contribution in [0.25, 0.3) is 0 Å². The molecule has 0 spiro atoms. The normalized spacial score (nSPS) is 21.8. The van der Waals surface area contributed by atoms with Crippen molar-refractivity contribution in [2.75, 3.05) is 34.2 Å². The van der Waals surface area contributed by atoms with Crippen LogP contribution < -0.4 is 5.32 Å². The monoisotopic (exact) mass is 199 g/mol. The zero-order chi connectivity index (χ0) is 10.6. The summed E-state index contributed by atoms with van der Waals surface area (Å²) >= 11 is 0. The Balaban J connectivity index is 2.31. The molecule has 0 aromatic heterocycles. The average Bonchev–Trinajstić information content (AvgIpc) is 2.18. The van der Waals surface area contributed by atoms with Crippen LogP contribution in [-0.4, -0.2) is 56.1 Å². The number of likely N-dealkylation sites (N-methyl/N-ethyl adjacent to an activating group) is 1. The molecule has 0 aliphatic carbocycles. The molecule has 1 heterocycles. The van der Waals surface area contributed by atoms with E-state index >= 15 is 0 Å². The minimum absolute atomic E-state index is 0.0809. The van der Waals surface area contributed by atoms with Crippen molar-refractivity contribution in [3.63, 3.8) is 0 Å². The van der Waals surface area contributed by atoms with E-state index in [2.05, 4.69) is 5.32 Å². The van der Waals surface area contributed by atoms with E-state index in [1.165, 1.54) is 19.3 Å². The molecule has 1 aliphatic rings. The summed E-state index contributed by atoms with van der Waals surface area (Å²) in [4.78, 5) is 14.9. The third kappa shape index (κ3) is 3.18. The standard InChI is InChI=1S/C10H21N3O/c1-12(2)10(14)13(3)8-9-6-4-5-7-11-9/h9,11H,4-8H2,1-3H3. The summed E-state index contributed by atoms with van der Waals surface area (Å²) < 4.78 is 0. The van der Waals surface area contributed by atoms with E-state index in [1.54, 1.807) is 23.9 Å². The van der Waals surface area contributed by atoms with Gasteiger partial charge in [0.15, 0.2) is 0 Å². The zero-order valence-electron chi connectivity index (χ0n) is 9.42. The average molecular weight is 199 g/mol. The summed E-state index contributed by atoms with van der Waals surface area (Å²) in [5, 5.41) is 3.43. The lowest BCUT2D eigenvalue weighted by molar-refractivity contribution is 0.174. The molecular formula is C10H21N3O. The van der Waals surface area contributed by atoms with Crippen molar-refractivity contribution < 1.29 is 4.79 Å². The van der Waals surface area contributed by atoms with Gasteiger partial charge in [-0.3, -0.25) is 0 Å². The molecule has 4 heteroatoms. The highest BCUT2D eigenvalue weighted by atomic mass is 16.2. The molecule has 0 radical (unpaired) electrons. The molecule has 1 N–H and O–H groups in total. The van der Waals surface area contributed by atoms with Gasteiger partial charge in [0, 0.05) is 33.7 Å². The van der Waals surface area contributed by atoms with Crippen molar-refractivity contribution in [2.45, 2.75) is 25.3 Å². The number of rotatable bonds is 2. The van der Waals surface area contributed by atoms with Gasteiger partial charge in [0.1, 0.15) is 0 Å². The fraction of sp³-hybridized carbons (Fsp3) is 0.900. The van der Waals surface area contributed by atoms with Gasteiger partial charge in [-0.25, -0.2) is 4.79 Å². The van der Waals surface area contributed by atoms with E-state index in [0.29, 0.717) is 6.04 Å². The number of amides is 2. The third-order valence-electron chi connectivity index (χ3n) is 2.62. The lowest BCUT2D eigenvalue weighted by atomic mass is 10.0. The maximum atomic E-state index is 11.5. The van der Waals surface area contributed by atoms with Crippen LogP contribution in [0.5, 0.6) is 0 Å². The molecule has 1 fully saturated rings. The second kappa shape index (κ2) is 5.20. The molecule has 1 rings (SSSR count). The van der Waals surface area contributed by atoms with E-state index in [0.717, 1.165) is 13.1 Å². The Morgan fingerprint density at radius 3 is 2.57 bits per heavy atom. The highest BCUT2D eigenvalue weighted by Gasteiger charge is 2.18. The number of nitrogens with zero attached hydrogens (tertiary/aromatic N) is 2. The summed E-state index contributed by atoms with van der Waals surface area (Å²) in [7, 11) is 5.43. The summed E-state index contributed by atoms with van der Waals surface area (Å²) in [6.07, 6.45) is 3.73. The van der Waals surface area contributed by atoms with Crippen LogP contribution in [0.4, 0.5) is 4.79 Å². The lowest BCUT2D eigenvalue weighted by Crippen LogP contribution is -2.46. The first-order valence-electron chi connectivity index (χ1n) is 5.27. The Bertz CT molecular complexity index is 188. The number of carbonyl (C=O) groups excluding carboxylic acids is 1. The van der Waals surface area contributed by atoms with Gasteiger partial charge in [-0.1, -0.05) is 6.42 Å². The first-order valence-corrected chi connectivity index (χ1v) is 5.27. The molecule has 14 heavy (non-hydrogen) atoms. The number of urea groups is 1. The fourth-order valence-electron chi connectivity index (χ4n) is 1.83. The van der Waals surface area contributed by atoms with Crippen molar-refractivity contribution in [3.05, 3.63) is 0 Å². The molecule has 1 atom stereocenters. The number of hydrogen-bond acceptors (Lipinski definition) is 2. The number of piperidine rings is 1. The predicted molar refractivity (Wildman–Crippen MR) is 57.4 cm³/mol. The number of carbonyl (C=O) groups is 1. The lowest BCUT2D eigenvalue weighted by Gasteiger charge is -2.29. The minimum atomic E-state index is 0.0809. The molecule has 0 aromatic rings. The molecule has 0 saturated carbocycles. The highest BCUT2D eigenvalue weighted by Crippen LogP contribution is 2.08. The Morgan fingerprint density at radius 1 is 1.36 bits per heavy atom. The van der Waals surface area contributed by atoms with Gasteiger partial charge in [0.05, 0.1) is 0 Å². The van der Waals surface area contributed by atoms with Gasteiger partial charge in [-0.15, -0.1) is 0 Å². The Morgan fingerprint density at radius 2 is 2.07 bits per heavy atom. The van der Waals surface area contributed by atoms with Crippen molar-refractivity contribution in [3.8, 4) is 0 Å². The van der Waals surface area contributed by atoms with E-state index in [9.17, 15) is 4.79 Å². The quantitative estimate of drug-likeness (QED) is 0.712. The Kier molecular flexibility index (Phi) is 4.20. The van der Waals surface area contributed by atoms with Crippen LogP contribution in [0.1, 0.15) is 19.3 Å². The highest BCUT2D eigenvalue weighted by molar-refractivity contribution is 5.73. The first kappa shape index (κ1) is 11.3. The van der Waals surface area contributed by atoms with Crippen LogP contribution in [0.2, 0.25) is 0 Å². The van der Waals surface area contributed by atoms with Crippen molar-refractivity contribution >= 4 is 6.03 Å². The van der Waals surface area contributed by atoms with Gasteiger partial charge in [-0.2, -0.15) is 0 Å². The Hall–Kier alpha value is -0.770. The Labute approximate surface area is 86.2 Å². The number of nitrogens with one attached hydrogen (secondary N) is 1. The topological polar surface area (TPSA) is 35.6 Å². The maximum absolute atomic E-state index is 11.5. The molecule has 4 nitrogen and oxygen atoms in total. The van der Waals surface area contributed by atoms with Crippen molar-refractivity contribution in [1.82, 2.24) is 15.1 Å². The van der Waals surface area contributed by atoms with Gasteiger partial charge in [0.25, 0.3) is 0 Å². The van der Waals surface area contributed by atoms with Crippen molar-refractivity contribution in [2.24, 2.45) is 0 Å². The van der Waals surface area contributed by atoms with E-state index < -0.39 is 0 Å². The van der Waals surface area contributed by atoms with Gasteiger partial charge in [-0.05, 0) is 19.4 Å². The predicted octanol–water partition coefficient (Wildman–Crippen LogP) is 0.742. The second-order valence-corrected chi connectivity index (χ2v) is 4.20. The van der Waals surface area contributed by atoms with Gasteiger partial charge in [0.2, 0.25) is 0 Å². The molecule has 1 saturated heterocycles. The molecular weight excluding hydrogens is 178 g/mol. The van der Waals surface area contributed by atoms with Crippen LogP contribution in [0.3, 0.4) is 0 Å². The van der Waals surface area contributed by atoms with Crippen molar-refractivity contribution in [1.29, 1.82) is 0 Å². The van der Waals surface area contributed by atoms with Crippen LogP contribution in [0, 0.1) is 0 Å². The smallest absolute Gasteiger partial charge is 0.319 e. The van der Waals surface area contributed by atoms with Gasteiger partial charge < -0.3 is 15.1 Å². The molecule has 1 aliphatic heterocycles. The summed E-state index contributed by atoms with van der Waals surface area (Å²) in [6, 6.07) is 0.565. The zero-order valence-corrected chi connectivity index (χ0v) is 9.42.